The molecule has 0 unspecified atom stereocenters. The molecule has 0 saturated carbocycles. The molecule has 0 aliphatic heterocycles. The quantitative estimate of drug-likeness (QED) is 0.633. The summed E-state index contributed by atoms with van der Waals surface area (Å²) in [5, 5.41) is 12.7. The van der Waals surface area contributed by atoms with Crippen LogP contribution in [0.5, 0.6) is 0 Å². The van der Waals surface area contributed by atoms with Gasteiger partial charge in [0.05, 0.1) is 0 Å². The summed E-state index contributed by atoms with van der Waals surface area (Å²) in [6.45, 7) is 0. The van der Waals surface area contributed by atoms with Crippen LogP contribution in [0, 0.1) is 5.82 Å². The van der Waals surface area contributed by atoms with Crippen molar-refractivity contribution in [2.75, 3.05) is 0 Å². The highest BCUT2D eigenvalue weighted by atomic mass is 19.1. The van der Waals surface area contributed by atoms with Gasteiger partial charge in [-0.15, -0.1) is 9.73 Å². The van der Waals surface area contributed by atoms with Crippen LogP contribution in [0.1, 0.15) is 0 Å². The first kappa shape index (κ1) is 10.3. The first-order valence-electron chi connectivity index (χ1n) is 4.82. The predicted molar refractivity (Wildman–Crippen MR) is 51.9 cm³/mol. The highest BCUT2D eigenvalue weighted by Gasteiger charge is 2.28. The summed E-state index contributed by atoms with van der Waals surface area (Å²) in [5.41, 5.74) is 0.271. The van der Waals surface area contributed by atoms with Crippen molar-refractivity contribution in [3.63, 3.8) is 0 Å². The lowest BCUT2D eigenvalue weighted by Crippen LogP contribution is -2.38. The van der Waals surface area contributed by atoms with Crippen molar-refractivity contribution in [2.45, 2.75) is 0 Å². The van der Waals surface area contributed by atoms with Gasteiger partial charge in [-0.3, -0.25) is 4.52 Å². The SMILES string of the molecule is O=c1[nH][n+](-c2nonc2-c2ccccc2F)no1. The molecule has 3 aromatic rings. The molecule has 18 heavy (non-hydrogen) atoms. The molecule has 2 heterocycles. The van der Waals surface area contributed by atoms with Gasteiger partial charge in [-0.05, 0) is 17.3 Å². The van der Waals surface area contributed by atoms with Gasteiger partial charge >= 0.3 is 11.6 Å². The van der Waals surface area contributed by atoms with Crippen LogP contribution >= 0.6 is 0 Å². The molecule has 0 amide bonds. The topological polar surface area (TPSA) is 102 Å². The number of hydrogen-bond donors (Lipinski definition) is 1. The van der Waals surface area contributed by atoms with E-state index in [0.717, 1.165) is 4.80 Å². The molecule has 0 aliphatic rings. The summed E-state index contributed by atoms with van der Waals surface area (Å²) >= 11 is 0. The smallest absolute Gasteiger partial charge is 0.259 e. The maximum Gasteiger partial charge on any atom is 0.473 e. The minimum absolute atomic E-state index is 0.0194. The summed E-state index contributed by atoms with van der Waals surface area (Å²) in [6.07, 6.45) is 0. The fourth-order valence-electron chi connectivity index (χ4n) is 1.44. The standard InChI is InChI=1S/C9H4FN5O3/c10-6-4-2-1-3-5(6)7-8(13-18-12-7)15-11-9(16)17-14-15/h1-4H/p+1. The first-order chi connectivity index (χ1) is 8.75. The maximum absolute atomic E-state index is 13.6. The van der Waals surface area contributed by atoms with Crippen LogP contribution in [-0.2, 0) is 0 Å². The van der Waals surface area contributed by atoms with Crippen LogP contribution in [0.2, 0.25) is 0 Å². The molecule has 1 N–H and O–H groups in total. The van der Waals surface area contributed by atoms with Crippen LogP contribution in [-0.4, -0.2) is 20.7 Å². The highest BCUT2D eigenvalue weighted by molar-refractivity contribution is 5.63. The first-order valence-corrected chi connectivity index (χ1v) is 4.82. The van der Waals surface area contributed by atoms with Gasteiger partial charge in [0.15, 0.2) is 5.16 Å². The average Bonchev–Trinajstić information content (AvgIpc) is 2.98. The summed E-state index contributed by atoms with van der Waals surface area (Å²) in [7, 11) is 0. The Morgan fingerprint density at radius 1 is 1.28 bits per heavy atom. The van der Waals surface area contributed by atoms with E-state index in [9.17, 15) is 9.18 Å². The second kappa shape index (κ2) is 3.87. The second-order valence-corrected chi connectivity index (χ2v) is 3.30. The van der Waals surface area contributed by atoms with Crippen LogP contribution < -0.4 is 10.6 Å². The fraction of sp³-hybridized carbons (Fsp3) is 0. The monoisotopic (exact) mass is 250 g/mol. The Labute approximate surface area is 97.6 Å². The van der Waals surface area contributed by atoms with Crippen molar-refractivity contribution in [1.82, 2.24) is 20.7 Å². The van der Waals surface area contributed by atoms with Crippen LogP contribution in [0.3, 0.4) is 0 Å². The molecular weight excluding hydrogens is 245 g/mol. The second-order valence-electron chi connectivity index (χ2n) is 3.30. The van der Waals surface area contributed by atoms with Gasteiger partial charge in [-0.1, -0.05) is 12.1 Å². The summed E-state index contributed by atoms with van der Waals surface area (Å²) < 4.78 is 22.5. The minimum Gasteiger partial charge on any atom is -0.259 e. The number of rotatable bonds is 2. The number of H-pyrrole nitrogens is 1. The Morgan fingerprint density at radius 3 is 2.83 bits per heavy atom. The number of nitrogens with zero attached hydrogens (tertiary/aromatic N) is 4. The summed E-state index contributed by atoms with van der Waals surface area (Å²) in [5.74, 6) is -1.26. The highest BCUT2D eigenvalue weighted by Crippen LogP contribution is 2.22. The molecule has 8 nitrogen and oxygen atoms in total. The summed E-state index contributed by atoms with van der Waals surface area (Å²) in [4.78, 5) is 11.7. The van der Waals surface area contributed by atoms with E-state index in [1.54, 1.807) is 6.07 Å². The number of hydrogen-bond acceptors (Lipinski definition) is 6. The van der Waals surface area contributed by atoms with Crippen LogP contribution in [0.4, 0.5) is 4.39 Å². The largest absolute Gasteiger partial charge is 0.473 e. The Morgan fingerprint density at radius 2 is 2.11 bits per heavy atom. The van der Waals surface area contributed by atoms with Crippen molar-refractivity contribution in [1.29, 1.82) is 0 Å². The van der Waals surface area contributed by atoms with E-state index in [1.807, 2.05) is 0 Å². The zero-order valence-electron chi connectivity index (χ0n) is 8.70. The maximum atomic E-state index is 13.6. The molecule has 0 atom stereocenters. The minimum atomic E-state index is -0.780. The Hall–Kier alpha value is -2.84. The van der Waals surface area contributed by atoms with E-state index in [1.165, 1.54) is 18.2 Å². The zero-order chi connectivity index (χ0) is 12.5. The van der Waals surface area contributed by atoms with E-state index >= 15 is 0 Å². The number of halogens is 1. The number of benzene rings is 1. The molecule has 0 spiro atoms. The Bertz CT molecular complexity index is 746. The molecule has 1 aromatic carbocycles. The van der Waals surface area contributed by atoms with Crippen molar-refractivity contribution in [3.05, 3.63) is 40.6 Å². The van der Waals surface area contributed by atoms with Crippen LogP contribution in [0.25, 0.3) is 17.1 Å². The van der Waals surface area contributed by atoms with Gasteiger partial charge in [0.25, 0.3) is 0 Å². The normalized spacial score (nSPS) is 10.7. The van der Waals surface area contributed by atoms with E-state index < -0.39 is 11.6 Å². The number of aromatic amines is 1. The Balaban J connectivity index is 2.18. The molecule has 0 fully saturated rings. The average molecular weight is 250 g/mol. The van der Waals surface area contributed by atoms with E-state index in [2.05, 4.69) is 29.8 Å². The molecule has 0 saturated heterocycles. The summed E-state index contributed by atoms with van der Waals surface area (Å²) in [6, 6.07) is 5.94. The van der Waals surface area contributed by atoms with Gasteiger partial charge in [-0.25, -0.2) is 9.18 Å². The lowest BCUT2D eigenvalue weighted by Gasteiger charge is -1.94. The third-order valence-electron chi connectivity index (χ3n) is 2.20. The van der Waals surface area contributed by atoms with Crippen LogP contribution in [0.15, 0.2) is 38.2 Å². The molecule has 0 radical (unpaired) electrons. The fourth-order valence-corrected chi connectivity index (χ4v) is 1.44. The molecule has 3 rings (SSSR count). The van der Waals surface area contributed by atoms with Gasteiger partial charge < -0.3 is 0 Å². The van der Waals surface area contributed by atoms with Gasteiger partial charge in [0.2, 0.25) is 5.69 Å². The van der Waals surface area contributed by atoms with E-state index in [-0.39, 0.29) is 17.1 Å². The van der Waals surface area contributed by atoms with Crippen molar-refractivity contribution in [2.24, 2.45) is 0 Å². The van der Waals surface area contributed by atoms with Gasteiger partial charge in [-0.2, -0.15) is 0 Å². The predicted octanol–water partition coefficient (Wildman–Crippen LogP) is -0.171. The third-order valence-corrected chi connectivity index (χ3v) is 2.20. The molecule has 0 aliphatic carbocycles. The number of aromatic nitrogens is 5. The molecule has 9 heteroatoms. The van der Waals surface area contributed by atoms with E-state index in [4.69, 9.17) is 0 Å². The van der Waals surface area contributed by atoms with Crippen molar-refractivity contribution >= 4 is 0 Å². The number of nitrogens with one attached hydrogen (secondary N) is 1. The van der Waals surface area contributed by atoms with Crippen molar-refractivity contribution < 1.29 is 18.3 Å². The Kier molecular flexibility index (Phi) is 2.22. The molecule has 0 bridgehead atoms. The lowest BCUT2D eigenvalue weighted by molar-refractivity contribution is -0.728. The molecular formula is C9H5FN5O3+. The van der Waals surface area contributed by atoms with Gasteiger partial charge in [0, 0.05) is 10.4 Å². The molecule has 90 valence electrons. The van der Waals surface area contributed by atoms with Gasteiger partial charge in [0.1, 0.15) is 11.1 Å². The lowest BCUT2D eigenvalue weighted by atomic mass is 10.1. The van der Waals surface area contributed by atoms with E-state index in [0.29, 0.717) is 0 Å². The third kappa shape index (κ3) is 1.57. The van der Waals surface area contributed by atoms with Crippen molar-refractivity contribution in [3.8, 4) is 17.1 Å². The molecule has 2 aromatic heterocycles. The zero-order valence-corrected chi connectivity index (χ0v) is 8.70.